The molecule has 0 aliphatic heterocycles. The quantitative estimate of drug-likeness (QED) is 0.845. The smallest absolute Gasteiger partial charge is 0.254 e. The number of carbonyl (C=O) groups is 1. The van der Waals surface area contributed by atoms with Crippen LogP contribution in [-0.4, -0.2) is 34.6 Å². The zero-order chi connectivity index (χ0) is 15.2. The number of aliphatic hydroxyl groups excluding tert-OH is 1. The fourth-order valence-corrected chi connectivity index (χ4v) is 2.63. The molecule has 110 valence electrons. The Morgan fingerprint density at radius 3 is 2.67 bits per heavy atom. The van der Waals surface area contributed by atoms with Crippen molar-refractivity contribution in [3.63, 3.8) is 0 Å². The number of halogens is 1. The van der Waals surface area contributed by atoms with Crippen LogP contribution in [0, 0.1) is 0 Å². The molecule has 0 aliphatic carbocycles. The normalized spacial score (nSPS) is 12.0. The van der Waals surface area contributed by atoms with Crippen LogP contribution in [0.15, 0.2) is 53.3 Å². The highest BCUT2D eigenvalue weighted by molar-refractivity contribution is 9.10. The van der Waals surface area contributed by atoms with Crippen molar-refractivity contribution in [1.29, 1.82) is 0 Å². The van der Waals surface area contributed by atoms with Crippen molar-refractivity contribution >= 4 is 21.8 Å². The molecular weight excluding hydrogens is 332 g/mol. The zero-order valence-corrected chi connectivity index (χ0v) is 13.3. The Kier molecular flexibility index (Phi) is 5.47. The van der Waals surface area contributed by atoms with E-state index >= 15 is 0 Å². The van der Waals surface area contributed by atoms with Gasteiger partial charge in [0.2, 0.25) is 0 Å². The lowest BCUT2D eigenvalue weighted by Crippen LogP contribution is -2.32. The number of carbonyl (C=O) groups excluding carboxylic acids is 1. The van der Waals surface area contributed by atoms with Crippen molar-refractivity contribution < 1.29 is 9.90 Å². The van der Waals surface area contributed by atoms with E-state index in [1.165, 1.54) is 0 Å². The van der Waals surface area contributed by atoms with Gasteiger partial charge in [-0.1, -0.05) is 30.3 Å². The van der Waals surface area contributed by atoms with Crippen LogP contribution < -0.4 is 0 Å². The van der Waals surface area contributed by atoms with Crippen LogP contribution in [0.2, 0.25) is 0 Å². The predicted octanol–water partition coefficient (Wildman–Crippen LogP) is 3.04. The van der Waals surface area contributed by atoms with Gasteiger partial charge in [0, 0.05) is 25.4 Å². The van der Waals surface area contributed by atoms with E-state index in [1.54, 1.807) is 30.3 Å². The topological polar surface area (TPSA) is 53.4 Å². The van der Waals surface area contributed by atoms with E-state index < -0.39 is 0 Å². The lowest BCUT2D eigenvalue weighted by Gasteiger charge is -2.28. The Bertz CT molecular complexity index is 604. The molecule has 0 saturated carbocycles. The number of nitrogens with zero attached hydrogens (tertiary/aromatic N) is 2. The van der Waals surface area contributed by atoms with E-state index in [4.69, 9.17) is 0 Å². The molecule has 0 aliphatic rings. The maximum atomic E-state index is 12.6. The largest absolute Gasteiger partial charge is 0.396 e. The molecule has 1 N–H and O–H groups in total. The molecule has 5 heteroatoms. The highest BCUT2D eigenvalue weighted by atomic mass is 79.9. The van der Waals surface area contributed by atoms with Crippen LogP contribution >= 0.6 is 15.9 Å². The van der Waals surface area contributed by atoms with Gasteiger partial charge in [0.25, 0.3) is 5.91 Å². The number of benzene rings is 1. The molecule has 0 spiro atoms. The number of aliphatic hydroxyl groups is 1. The molecule has 21 heavy (non-hydrogen) atoms. The molecule has 1 amide bonds. The third-order valence-electron chi connectivity index (χ3n) is 3.35. The molecule has 2 rings (SSSR count). The fourth-order valence-electron chi connectivity index (χ4n) is 2.26. The predicted molar refractivity (Wildman–Crippen MR) is 84.9 cm³/mol. The number of pyridine rings is 1. The van der Waals surface area contributed by atoms with Crippen LogP contribution in [0.1, 0.15) is 28.4 Å². The summed E-state index contributed by atoms with van der Waals surface area (Å²) in [5.74, 6) is -0.0968. The molecule has 0 bridgehead atoms. The first-order valence-electron chi connectivity index (χ1n) is 6.68. The molecule has 1 unspecified atom stereocenters. The van der Waals surface area contributed by atoms with Crippen LogP contribution in [0.3, 0.4) is 0 Å². The van der Waals surface area contributed by atoms with E-state index in [0.717, 1.165) is 5.56 Å². The summed E-state index contributed by atoms with van der Waals surface area (Å²) in [4.78, 5) is 18.3. The zero-order valence-electron chi connectivity index (χ0n) is 11.7. The van der Waals surface area contributed by atoms with Crippen molar-refractivity contribution in [1.82, 2.24) is 9.88 Å². The first kappa shape index (κ1) is 15.7. The molecule has 0 saturated heterocycles. The Hall–Kier alpha value is -1.72. The van der Waals surface area contributed by atoms with Crippen molar-refractivity contribution in [2.75, 3.05) is 13.7 Å². The van der Waals surface area contributed by atoms with Crippen molar-refractivity contribution in [3.8, 4) is 0 Å². The molecule has 2 aromatic rings. The fraction of sp³-hybridized carbons (Fsp3) is 0.250. The molecule has 0 radical (unpaired) electrons. The van der Waals surface area contributed by atoms with Crippen molar-refractivity contribution in [2.24, 2.45) is 0 Å². The monoisotopic (exact) mass is 348 g/mol. The number of aromatic nitrogens is 1. The van der Waals surface area contributed by atoms with E-state index in [0.29, 0.717) is 16.6 Å². The molecule has 1 atom stereocenters. The van der Waals surface area contributed by atoms with Crippen LogP contribution in [0.25, 0.3) is 0 Å². The Labute approximate surface area is 132 Å². The van der Waals surface area contributed by atoms with Crippen molar-refractivity contribution in [3.05, 3.63) is 64.4 Å². The summed E-state index contributed by atoms with van der Waals surface area (Å²) >= 11 is 3.27. The maximum Gasteiger partial charge on any atom is 0.254 e. The van der Waals surface area contributed by atoms with Gasteiger partial charge >= 0.3 is 0 Å². The lowest BCUT2D eigenvalue weighted by molar-refractivity contribution is 0.0705. The summed E-state index contributed by atoms with van der Waals surface area (Å²) in [7, 11) is 1.75. The van der Waals surface area contributed by atoms with Gasteiger partial charge in [0.05, 0.1) is 6.04 Å². The third kappa shape index (κ3) is 3.89. The van der Waals surface area contributed by atoms with Crippen LogP contribution in [0.4, 0.5) is 0 Å². The molecule has 1 aromatic heterocycles. The van der Waals surface area contributed by atoms with E-state index in [2.05, 4.69) is 20.9 Å². The van der Waals surface area contributed by atoms with E-state index in [1.807, 2.05) is 30.3 Å². The Morgan fingerprint density at radius 1 is 1.33 bits per heavy atom. The third-order valence-corrected chi connectivity index (χ3v) is 3.78. The van der Waals surface area contributed by atoms with Gasteiger partial charge < -0.3 is 10.0 Å². The van der Waals surface area contributed by atoms with Crippen molar-refractivity contribution in [2.45, 2.75) is 12.5 Å². The Morgan fingerprint density at radius 2 is 2.05 bits per heavy atom. The minimum absolute atomic E-state index is 0.0250. The number of rotatable bonds is 5. The van der Waals surface area contributed by atoms with Gasteiger partial charge in [0.1, 0.15) is 4.60 Å². The average molecular weight is 349 g/mol. The molecule has 1 heterocycles. The van der Waals surface area contributed by atoms with Gasteiger partial charge in [-0.3, -0.25) is 4.79 Å². The van der Waals surface area contributed by atoms with Gasteiger partial charge in [0.15, 0.2) is 0 Å². The summed E-state index contributed by atoms with van der Waals surface area (Å²) in [5, 5.41) is 9.29. The summed E-state index contributed by atoms with van der Waals surface area (Å²) in [6.07, 6.45) is 2.09. The standard InChI is InChI=1S/C16H17BrN2O2/c1-19(16(21)13-7-9-18-15(17)11-13)14(8-10-20)12-5-3-2-4-6-12/h2-7,9,11,14,20H,8,10H2,1H3. The number of amides is 1. The SMILES string of the molecule is CN(C(=O)c1ccnc(Br)c1)C(CCO)c1ccccc1. The first-order chi connectivity index (χ1) is 10.1. The summed E-state index contributed by atoms with van der Waals surface area (Å²) in [6, 6.07) is 12.9. The summed E-state index contributed by atoms with van der Waals surface area (Å²) in [6.45, 7) is 0.0250. The molecule has 4 nitrogen and oxygen atoms in total. The van der Waals surface area contributed by atoms with Gasteiger partial charge in [-0.25, -0.2) is 4.98 Å². The van der Waals surface area contributed by atoms with Crippen LogP contribution in [0.5, 0.6) is 0 Å². The van der Waals surface area contributed by atoms with E-state index in [-0.39, 0.29) is 18.6 Å². The second kappa shape index (κ2) is 7.33. The van der Waals surface area contributed by atoms with E-state index in [9.17, 15) is 9.90 Å². The minimum atomic E-state index is -0.157. The van der Waals surface area contributed by atoms with Gasteiger partial charge in [-0.15, -0.1) is 0 Å². The highest BCUT2D eigenvalue weighted by Crippen LogP contribution is 2.24. The molecule has 1 aromatic carbocycles. The number of hydrogen-bond donors (Lipinski definition) is 1. The Balaban J connectivity index is 2.26. The van der Waals surface area contributed by atoms with Gasteiger partial charge in [-0.2, -0.15) is 0 Å². The number of hydrogen-bond acceptors (Lipinski definition) is 3. The second-order valence-corrected chi connectivity index (χ2v) is 5.53. The first-order valence-corrected chi connectivity index (χ1v) is 7.47. The molecular formula is C16H17BrN2O2. The molecule has 0 fully saturated rings. The lowest BCUT2D eigenvalue weighted by atomic mass is 10.0. The average Bonchev–Trinajstić information content (AvgIpc) is 2.52. The second-order valence-electron chi connectivity index (χ2n) is 4.72. The summed E-state index contributed by atoms with van der Waals surface area (Å²) < 4.78 is 0.625. The van der Waals surface area contributed by atoms with Crippen LogP contribution in [-0.2, 0) is 0 Å². The maximum absolute atomic E-state index is 12.6. The summed E-state index contributed by atoms with van der Waals surface area (Å²) in [5.41, 5.74) is 1.58. The minimum Gasteiger partial charge on any atom is -0.396 e. The highest BCUT2D eigenvalue weighted by Gasteiger charge is 2.22. The van der Waals surface area contributed by atoms with Gasteiger partial charge in [-0.05, 0) is 40.0 Å².